The molecule has 21 nitrogen and oxygen atoms in total. The van der Waals surface area contributed by atoms with E-state index in [1.807, 2.05) is 0 Å². The van der Waals surface area contributed by atoms with Crippen molar-refractivity contribution in [2.75, 3.05) is 31.7 Å². The van der Waals surface area contributed by atoms with Crippen LogP contribution in [0.5, 0.6) is 0 Å². The minimum atomic E-state index is -1.60. The topological polar surface area (TPSA) is 351 Å². The van der Waals surface area contributed by atoms with E-state index in [1.54, 1.807) is 64.3 Å². The first-order chi connectivity index (χ1) is 29.2. The third-order valence-corrected chi connectivity index (χ3v) is 9.94. The first-order valence-corrected chi connectivity index (χ1v) is 21.8. The highest BCUT2D eigenvalue weighted by Gasteiger charge is 2.34. The van der Waals surface area contributed by atoms with E-state index in [2.05, 4.69) is 37.2 Å². The molecule has 0 radical (unpaired) electrons. The van der Waals surface area contributed by atoms with E-state index in [9.17, 15) is 53.4 Å². The second-order valence-electron chi connectivity index (χ2n) is 15.4. The molecule has 1 rings (SSSR count). The third kappa shape index (κ3) is 21.0. The number of nitrogens with one attached hydrogen (secondary N) is 7. The van der Waals surface area contributed by atoms with E-state index in [1.165, 1.54) is 11.8 Å². The van der Waals surface area contributed by atoms with E-state index in [0.29, 0.717) is 30.7 Å². The van der Waals surface area contributed by atoms with Crippen molar-refractivity contribution in [1.82, 2.24) is 37.2 Å². The van der Waals surface area contributed by atoms with Gasteiger partial charge >= 0.3 is 11.9 Å². The molecule has 0 heterocycles. The van der Waals surface area contributed by atoms with E-state index in [4.69, 9.17) is 16.6 Å². The second kappa shape index (κ2) is 29.1. The van der Waals surface area contributed by atoms with E-state index >= 15 is 0 Å². The summed E-state index contributed by atoms with van der Waals surface area (Å²) in [6.45, 7) is 5.60. The van der Waals surface area contributed by atoms with Gasteiger partial charge in [-0.2, -0.15) is 11.8 Å². The molecule has 0 saturated heterocycles. The van der Waals surface area contributed by atoms with Crippen molar-refractivity contribution in [1.29, 1.82) is 0 Å². The fourth-order valence-electron chi connectivity index (χ4n) is 5.90. The number of nitrogens with two attached hydrogens (primary N) is 2. The Bertz CT molecular complexity index is 1650. The number of carbonyl (C=O) groups is 9. The Kier molecular flexibility index (Phi) is 25.6. The zero-order chi connectivity index (χ0) is 46.9. The van der Waals surface area contributed by atoms with Crippen molar-refractivity contribution in [2.45, 2.75) is 115 Å². The number of aliphatic hydroxyl groups excluding tert-OH is 1. The van der Waals surface area contributed by atoms with Crippen molar-refractivity contribution >= 4 is 65.1 Å². The van der Waals surface area contributed by atoms with Gasteiger partial charge in [0, 0.05) is 6.42 Å². The lowest BCUT2D eigenvalue weighted by molar-refractivity contribution is -0.143. The van der Waals surface area contributed by atoms with Crippen LogP contribution in [0.15, 0.2) is 30.3 Å². The Morgan fingerprint density at radius 1 is 0.677 bits per heavy atom. The quantitative estimate of drug-likeness (QED) is 0.0362. The van der Waals surface area contributed by atoms with Crippen molar-refractivity contribution in [3.63, 3.8) is 0 Å². The minimum Gasteiger partial charge on any atom is -0.481 e. The Balaban J connectivity index is 3.28. The maximum absolute atomic E-state index is 14.0. The number of hydrogen-bond donors (Lipinski definition) is 12. The maximum Gasteiger partial charge on any atom is 0.328 e. The molecule has 1 aromatic rings. The molecule has 7 amide bonds. The highest BCUT2D eigenvalue weighted by molar-refractivity contribution is 7.98. The summed E-state index contributed by atoms with van der Waals surface area (Å²) in [6, 6.07) is -0.442. The van der Waals surface area contributed by atoms with Crippen LogP contribution < -0.4 is 48.7 Å². The van der Waals surface area contributed by atoms with Crippen LogP contribution in [0.2, 0.25) is 0 Å². The van der Waals surface area contributed by atoms with Crippen LogP contribution in [-0.4, -0.2) is 143 Å². The number of benzene rings is 1. The van der Waals surface area contributed by atoms with Crippen LogP contribution in [0, 0.1) is 11.8 Å². The molecule has 0 aliphatic carbocycles. The Morgan fingerprint density at radius 2 is 1.24 bits per heavy atom. The van der Waals surface area contributed by atoms with Crippen LogP contribution in [0.3, 0.4) is 0 Å². The first kappa shape index (κ1) is 54.7. The number of aliphatic hydroxyl groups is 1. The van der Waals surface area contributed by atoms with E-state index in [-0.39, 0.29) is 31.6 Å². The van der Waals surface area contributed by atoms with Crippen molar-refractivity contribution < 1.29 is 58.5 Å². The first-order valence-electron chi connectivity index (χ1n) is 20.4. The zero-order valence-corrected chi connectivity index (χ0v) is 36.8. The number of thioether (sulfide) groups is 1. The van der Waals surface area contributed by atoms with E-state index < -0.39 is 121 Å². The number of carboxylic acid groups (broad SMARTS) is 2. The predicted octanol–water partition coefficient (Wildman–Crippen LogP) is -2.28. The normalized spacial score (nSPS) is 14.5. The number of unbranched alkanes of at least 4 members (excludes halogenated alkanes) is 1. The molecule has 0 aliphatic rings. The number of rotatable bonds is 30. The standard InChI is InChI=1S/C40H65N9O12S/c1-22(2)17-28(37(57)48-30(21-50)40(60)61)44-31(51)20-43-35(55)26(13-9-10-15-41)45-36(56)27(14-16-62-5)46-38(58)29(18-24-11-7-6-8-12-24)47-39(59)33(23(3)4)49-34(54)25(42)19-32(52)53/h6-8,11-12,22-23,25-30,33,50H,9-10,13-21,41-42H2,1-5H3,(H,43,55)(H,44,51)(H,45,56)(H,46,58)(H,47,59)(H,48,57)(H,49,54)(H,52,53)(H,60,61)/t25-,26-,27-,28-,29-,30-,33-/m0/s1. The summed E-state index contributed by atoms with van der Waals surface area (Å²) in [5, 5.41) is 45.2. The van der Waals surface area contributed by atoms with Crippen LogP contribution in [0.1, 0.15) is 71.8 Å². The molecule has 14 N–H and O–H groups in total. The van der Waals surface area contributed by atoms with Crippen LogP contribution in [0.25, 0.3) is 0 Å². The van der Waals surface area contributed by atoms with Crippen molar-refractivity contribution in [3.8, 4) is 0 Å². The summed E-state index contributed by atoms with van der Waals surface area (Å²) in [4.78, 5) is 116. The summed E-state index contributed by atoms with van der Waals surface area (Å²) in [5.41, 5.74) is 12.0. The van der Waals surface area contributed by atoms with Gasteiger partial charge < -0.3 is 64.0 Å². The second-order valence-corrected chi connectivity index (χ2v) is 16.4. The zero-order valence-electron chi connectivity index (χ0n) is 35.9. The molecule has 0 unspecified atom stereocenters. The smallest absolute Gasteiger partial charge is 0.328 e. The third-order valence-electron chi connectivity index (χ3n) is 9.30. The summed E-state index contributed by atoms with van der Waals surface area (Å²) < 4.78 is 0. The van der Waals surface area contributed by atoms with Gasteiger partial charge in [-0.15, -0.1) is 0 Å². The van der Waals surface area contributed by atoms with Gasteiger partial charge in [-0.3, -0.25) is 38.4 Å². The van der Waals surface area contributed by atoms with Crippen molar-refractivity contribution in [2.24, 2.45) is 23.3 Å². The van der Waals surface area contributed by atoms with Gasteiger partial charge in [0.1, 0.15) is 36.3 Å². The van der Waals surface area contributed by atoms with Gasteiger partial charge in [0.05, 0.1) is 25.6 Å². The van der Waals surface area contributed by atoms with Gasteiger partial charge in [-0.1, -0.05) is 58.0 Å². The monoisotopic (exact) mass is 895 g/mol. The summed E-state index contributed by atoms with van der Waals surface area (Å²) in [7, 11) is 0. The maximum atomic E-state index is 14.0. The molecule has 0 saturated carbocycles. The Morgan fingerprint density at radius 3 is 1.77 bits per heavy atom. The SMILES string of the molecule is CSCC[C@H](NC(=O)[C@H](Cc1ccccc1)NC(=O)[C@@H](NC(=O)[C@@H](N)CC(=O)O)C(C)C)C(=O)N[C@@H](CCCCN)C(=O)NCC(=O)N[C@@H](CC(C)C)C(=O)N[C@@H](CO)C(=O)O. The fourth-order valence-corrected chi connectivity index (χ4v) is 6.38. The molecule has 62 heavy (non-hydrogen) atoms. The molecule has 0 aromatic heterocycles. The van der Waals surface area contributed by atoms with Crippen LogP contribution >= 0.6 is 11.8 Å². The highest BCUT2D eigenvalue weighted by Crippen LogP contribution is 2.11. The Hall–Kier alpha value is -5.32. The van der Waals surface area contributed by atoms with Crippen molar-refractivity contribution in [3.05, 3.63) is 35.9 Å². The van der Waals surface area contributed by atoms with Gasteiger partial charge in [0.15, 0.2) is 0 Å². The van der Waals surface area contributed by atoms with Gasteiger partial charge in [0.25, 0.3) is 0 Å². The average molecular weight is 896 g/mol. The molecule has 0 spiro atoms. The van der Waals surface area contributed by atoms with Crippen LogP contribution in [-0.2, 0) is 49.6 Å². The highest BCUT2D eigenvalue weighted by atomic mass is 32.2. The minimum absolute atomic E-state index is 0.0278. The average Bonchev–Trinajstić information content (AvgIpc) is 3.20. The predicted molar refractivity (Wildman–Crippen MR) is 230 cm³/mol. The molecule has 0 bridgehead atoms. The summed E-state index contributed by atoms with van der Waals surface area (Å²) in [5.74, 6) is -8.55. The molecule has 348 valence electrons. The summed E-state index contributed by atoms with van der Waals surface area (Å²) in [6.07, 6.45) is 2.29. The Labute approximate surface area is 365 Å². The largest absolute Gasteiger partial charge is 0.481 e. The number of amides is 7. The number of aliphatic carboxylic acids is 2. The molecule has 1 aromatic carbocycles. The molecule has 0 aliphatic heterocycles. The molecular formula is C40H65N9O12S. The molecule has 22 heteroatoms. The number of hydrogen-bond acceptors (Lipinski definition) is 13. The molecule has 7 atom stereocenters. The van der Waals surface area contributed by atoms with Gasteiger partial charge in [0.2, 0.25) is 41.4 Å². The lowest BCUT2D eigenvalue weighted by atomic mass is 10.00. The van der Waals surface area contributed by atoms with Gasteiger partial charge in [-0.05, 0) is 68.1 Å². The lowest BCUT2D eigenvalue weighted by Gasteiger charge is -2.28. The van der Waals surface area contributed by atoms with E-state index in [0.717, 1.165) is 0 Å². The molecule has 0 fully saturated rings. The molecular weight excluding hydrogens is 831 g/mol. The van der Waals surface area contributed by atoms with Gasteiger partial charge in [-0.25, -0.2) is 4.79 Å². The lowest BCUT2D eigenvalue weighted by Crippen LogP contribution is -2.60. The number of carboxylic acids is 2. The number of carbonyl (C=O) groups excluding carboxylic acids is 7. The summed E-state index contributed by atoms with van der Waals surface area (Å²) >= 11 is 1.39. The fraction of sp³-hybridized carbons (Fsp3) is 0.625. The van der Waals surface area contributed by atoms with Crippen LogP contribution in [0.4, 0.5) is 0 Å².